The van der Waals surface area contributed by atoms with E-state index in [0.717, 1.165) is 16.7 Å². The van der Waals surface area contributed by atoms with Gasteiger partial charge >= 0.3 is 0 Å². The topological polar surface area (TPSA) is 82.1 Å². The molecule has 0 amide bonds. The Morgan fingerprint density at radius 3 is 2.85 bits per heavy atom. The lowest BCUT2D eigenvalue weighted by molar-refractivity contribution is 0.552. The van der Waals surface area contributed by atoms with Gasteiger partial charge in [-0.1, -0.05) is 35.0 Å². The van der Waals surface area contributed by atoms with Crippen molar-refractivity contribution in [1.82, 2.24) is 24.1 Å². The van der Waals surface area contributed by atoms with E-state index in [4.69, 9.17) is 23.2 Å². The number of pyridine rings is 1. The van der Waals surface area contributed by atoms with E-state index >= 15 is 0 Å². The van der Waals surface area contributed by atoms with Gasteiger partial charge in [0.25, 0.3) is 0 Å². The van der Waals surface area contributed by atoms with E-state index in [9.17, 15) is 8.42 Å². The van der Waals surface area contributed by atoms with E-state index in [1.165, 1.54) is 11.8 Å². The SMILES string of the molecule is Cn1c(CC2CCS(=O)(=O)C2)nnc1SCc1cn2cc(Cl)cc(Cl)c2n1. The van der Waals surface area contributed by atoms with Crippen molar-refractivity contribution < 1.29 is 8.42 Å². The molecule has 0 bridgehead atoms. The molecule has 0 aromatic carbocycles. The molecular weight excluding hydrogens is 429 g/mol. The van der Waals surface area contributed by atoms with Gasteiger partial charge in [0.1, 0.15) is 5.82 Å². The quantitative estimate of drug-likeness (QED) is 0.561. The van der Waals surface area contributed by atoms with Crippen LogP contribution in [0.1, 0.15) is 17.9 Å². The Bertz CT molecular complexity index is 1110. The Labute approximate surface area is 171 Å². The molecule has 0 spiro atoms. The van der Waals surface area contributed by atoms with Crippen molar-refractivity contribution in [3.8, 4) is 0 Å². The van der Waals surface area contributed by atoms with Crippen molar-refractivity contribution in [3.63, 3.8) is 0 Å². The number of hydrogen-bond acceptors (Lipinski definition) is 6. The van der Waals surface area contributed by atoms with Crippen LogP contribution in [-0.4, -0.2) is 44.1 Å². The Morgan fingerprint density at radius 2 is 2.11 bits per heavy atom. The Morgan fingerprint density at radius 1 is 1.30 bits per heavy atom. The molecule has 4 heterocycles. The van der Waals surface area contributed by atoms with Crippen LogP contribution >= 0.6 is 35.0 Å². The molecule has 3 aromatic rings. The molecule has 11 heteroatoms. The summed E-state index contributed by atoms with van der Waals surface area (Å²) in [5.41, 5.74) is 1.52. The van der Waals surface area contributed by atoms with Gasteiger partial charge in [-0.15, -0.1) is 10.2 Å². The van der Waals surface area contributed by atoms with Crippen molar-refractivity contribution in [2.75, 3.05) is 11.5 Å². The third-order valence-corrected chi connectivity index (χ3v) is 7.97. The van der Waals surface area contributed by atoms with Gasteiger partial charge in [-0.2, -0.15) is 0 Å². The number of nitrogens with zero attached hydrogens (tertiary/aromatic N) is 5. The summed E-state index contributed by atoms with van der Waals surface area (Å²) < 4.78 is 27.0. The molecule has 1 fully saturated rings. The second-order valence-electron chi connectivity index (χ2n) is 6.69. The largest absolute Gasteiger partial charge is 0.309 e. The van der Waals surface area contributed by atoms with Crippen molar-refractivity contribution >= 4 is 50.4 Å². The van der Waals surface area contributed by atoms with Gasteiger partial charge in [0.05, 0.1) is 27.2 Å². The van der Waals surface area contributed by atoms with Gasteiger partial charge in [-0.25, -0.2) is 13.4 Å². The minimum absolute atomic E-state index is 0.126. The van der Waals surface area contributed by atoms with Crippen LogP contribution in [0.5, 0.6) is 0 Å². The number of imidazole rings is 1. The first-order valence-electron chi connectivity index (χ1n) is 8.35. The molecule has 0 aliphatic carbocycles. The van der Waals surface area contributed by atoms with Gasteiger partial charge in [-0.3, -0.25) is 0 Å². The predicted molar refractivity (Wildman–Crippen MR) is 106 cm³/mol. The summed E-state index contributed by atoms with van der Waals surface area (Å²) >= 11 is 13.7. The highest BCUT2D eigenvalue weighted by atomic mass is 35.5. The van der Waals surface area contributed by atoms with Crippen molar-refractivity contribution in [2.24, 2.45) is 13.0 Å². The summed E-state index contributed by atoms with van der Waals surface area (Å²) in [5, 5.41) is 10.3. The monoisotopic (exact) mass is 445 g/mol. The van der Waals surface area contributed by atoms with Crippen molar-refractivity contribution in [2.45, 2.75) is 23.8 Å². The molecule has 0 saturated carbocycles. The molecule has 1 saturated heterocycles. The van der Waals surface area contributed by atoms with Crippen LogP contribution in [-0.2, 0) is 29.1 Å². The standard InChI is InChI=1S/C16H17Cl2N5O2S2/c1-22-14(4-10-2-3-27(24,25)9-10)20-21-16(22)26-8-12-7-23-6-11(17)5-13(18)15(23)19-12/h5-7,10H,2-4,8-9H2,1H3. The highest BCUT2D eigenvalue weighted by Gasteiger charge is 2.29. The zero-order valence-corrected chi connectivity index (χ0v) is 17.6. The maximum absolute atomic E-state index is 11.6. The molecule has 27 heavy (non-hydrogen) atoms. The fourth-order valence-electron chi connectivity index (χ4n) is 3.22. The molecule has 144 valence electrons. The minimum Gasteiger partial charge on any atom is -0.309 e. The Balaban J connectivity index is 1.45. The summed E-state index contributed by atoms with van der Waals surface area (Å²) in [6, 6.07) is 1.67. The van der Waals surface area contributed by atoms with E-state index in [1.807, 2.05) is 22.2 Å². The first-order chi connectivity index (χ1) is 12.8. The first-order valence-corrected chi connectivity index (χ1v) is 11.9. The van der Waals surface area contributed by atoms with Gasteiger partial charge in [0.15, 0.2) is 20.6 Å². The molecule has 3 aromatic heterocycles. The van der Waals surface area contributed by atoms with E-state index < -0.39 is 9.84 Å². The predicted octanol–water partition coefficient (Wildman–Crippen LogP) is 3.04. The molecule has 0 radical (unpaired) electrons. The van der Waals surface area contributed by atoms with Crippen LogP contribution in [0.15, 0.2) is 23.6 Å². The second kappa shape index (κ2) is 7.27. The number of rotatable bonds is 5. The molecule has 7 nitrogen and oxygen atoms in total. The molecule has 1 aliphatic heterocycles. The fourth-order valence-corrected chi connectivity index (χ4v) is 6.43. The van der Waals surface area contributed by atoms with Crippen molar-refractivity contribution in [3.05, 3.63) is 40.0 Å². The van der Waals surface area contributed by atoms with Gasteiger partial charge in [0.2, 0.25) is 0 Å². The number of aromatic nitrogens is 5. The second-order valence-corrected chi connectivity index (χ2v) is 10.7. The molecule has 1 aliphatic rings. The lowest BCUT2D eigenvalue weighted by Crippen LogP contribution is -2.11. The van der Waals surface area contributed by atoms with Crippen LogP contribution in [0.4, 0.5) is 0 Å². The summed E-state index contributed by atoms with van der Waals surface area (Å²) in [5.74, 6) is 2.06. The first kappa shape index (κ1) is 19.0. The van der Waals surface area contributed by atoms with Gasteiger partial charge in [-0.05, 0) is 18.4 Å². The van der Waals surface area contributed by atoms with Gasteiger partial charge < -0.3 is 8.97 Å². The molecule has 1 unspecified atom stereocenters. The van der Waals surface area contributed by atoms with Gasteiger partial charge in [0, 0.05) is 31.6 Å². The molecule has 4 rings (SSSR count). The Kier molecular flexibility index (Phi) is 5.13. The zero-order chi connectivity index (χ0) is 19.2. The van der Waals surface area contributed by atoms with Crippen molar-refractivity contribution in [1.29, 1.82) is 0 Å². The maximum atomic E-state index is 11.6. The highest BCUT2D eigenvalue weighted by molar-refractivity contribution is 7.98. The van der Waals surface area contributed by atoms with Crippen LogP contribution in [0.25, 0.3) is 5.65 Å². The highest BCUT2D eigenvalue weighted by Crippen LogP contribution is 2.27. The van der Waals surface area contributed by atoms with Crippen LogP contribution in [0.3, 0.4) is 0 Å². The smallest absolute Gasteiger partial charge is 0.191 e. The fraction of sp³-hybridized carbons (Fsp3) is 0.438. The number of halogens is 2. The minimum atomic E-state index is -2.88. The average Bonchev–Trinajstić information content (AvgIpc) is 3.25. The lowest BCUT2D eigenvalue weighted by atomic mass is 10.1. The zero-order valence-electron chi connectivity index (χ0n) is 14.5. The normalized spacial score (nSPS) is 19.1. The summed E-state index contributed by atoms with van der Waals surface area (Å²) in [6.07, 6.45) is 4.98. The lowest BCUT2D eigenvalue weighted by Gasteiger charge is -2.07. The maximum Gasteiger partial charge on any atom is 0.191 e. The molecular formula is C16H17Cl2N5O2S2. The summed E-state index contributed by atoms with van der Waals surface area (Å²) in [7, 11) is -0.977. The number of sulfone groups is 1. The van der Waals surface area contributed by atoms with E-state index in [-0.39, 0.29) is 17.4 Å². The third kappa shape index (κ3) is 4.11. The third-order valence-electron chi connectivity index (χ3n) is 4.60. The number of hydrogen-bond donors (Lipinski definition) is 0. The van der Waals surface area contributed by atoms with E-state index in [2.05, 4.69) is 15.2 Å². The van der Waals surface area contributed by atoms with Crippen LogP contribution in [0, 0.1) is 5.92 Å². The summed E-state index contributed by atoms with van der Waals surface area (Å²) in [6.45, 7) is 0. The van der Waals surface area contributed by atoms with Crippen LogP contribution < -0.4 is 0 Å². The van der Waals surface area contributed by atoms with Crippen LogP contribution in [0.2, 0.25) is 10.0 Å². The Hall–Kier alpha value is -1.29. The summed E-state index contributed by atoms with van der Waals surface area (Å²) in [4.78, 5) is 4.53. The van der Waals surface area contributed by atoms with E-state index in [0.29, 0.717) is 34.3 Å². The number of thioether (sulfide) groups is 1. The number of fused-ring (bicyclic) bond motifs is 1. The molecule has 0 N–H and O–H groups in total. The van der Waals surface area contributed by atoms with E-state index in [1.54, 1.807) is 12.3 Å². The average molecular weight is 446 g/mol. The molecule has 1 atom stereocenters.